The fraction of sp³-hybridized carbons (Fsp3) is 0.150. The fourth-order valence-electron chi connectivity index (χ4n) is 3.09. The predicted octanol–water partition coefficient (Wildman–Crippen LogP) is 3.03. The lowest BCUT2D eigenvalue weighted by Gasteiger charge is -2.08. The van der Waals surface area contributed by atoms with Gasteiger partial charge in [0.15, 0.2) is 17.0 Å². The normalized spacial score (nSPS) is 13.6. The molecule has 0 bridgehead atoms. The van der Waals surface area contributed by atoms with Crippen molar-refractivity contribution in [3.8, 4) is 11.4 Å². The maximum absolute atomic E-state index is 12.6. The molecule has 4 aromatic rings. The quantitative estimate of drug-likeness (QED) is 0.590. The molecule has 2 aromatic heterocycles. The average molecular weight is 373 g/mol. The van der Waals surface area contributed by atoms with Crippen molar-refractivity contribution < 1.29 is 9.21 Å². The number of hydrogen-bond acceptors (Lipinski definition) is 6. The van der Waals surface area contributed by atoms with Gasteiger partial charge >= 0.3 is 0 Å². The molecule has 0 saturated heterocycles. The maximum atomic E-state index is 12.6. The van der Waals surface area contributed by atoms with E-state index < -0.39 is 5.91 Å². The third-order valence-corrected chi connectivity index (χ3v) is 4.62. The summed E-state index contributed by atoms with van der Waals surface area (Å²) < 4.78 is 7.40. The number of fused-ring (bicyclic) bond motifs is 1. The van der Waals surface area contributed by atoms with Crippen LogP contribution in [0.5, 0.6) is 0 Å². The van der Waals surface area contributed by atoms with Crippen molar-refractivity contribution in [3.05, 3.63) is 70.6 Å². The molecule has 1 fully saturated rings. The molecule has 1 aliphatic carbocycles. The highest BCUT2D eigenvalue weighted by Gasteiger charge is 2.28. The number of para-hydroxylation sites is 1. The van der Waals surface area contributed by atoms with Crippen LogP contribution in [-0.2, 0) is 0 Å². The van der Waals surface area contributed by atoms with Crippen molar-refractivity contribution in [2.45, 2.75) is 18.9 Å². The van der Waals surface area contributed by atoms with Crippen LogP contribution >= 0.6 is 0 Å². The SMILES string of the molecule is O=C(Nc1cccc(-c2nnnn2C2CC2)c1)c1cc(=O)c2ccccc2o1. The van der Waals surface area contributed by atoms with Crippen molar-refractivity contribution in [1.82, 2.24) is 20.2 Å². The minimum atomic E-state index is -0.498. The van der Waals surface area contributed by atoms with E-state index in [9.17, 15) is 9.59 Å². The number of aromatic nitrogens is 4. The fourth-order valence-corrected chi connectivity index (χ4v) is 3.09. The first kappa shape index (κ1) is 16.4. The highest BCUT2D eigenvalue weighted by molar-refractivity contribution is 6.03. The summed E-state index contributed by atoms with van der Waals surface area (Å²) in [5, 5.41) is 15.1. The second kappa shape index (κ2) is 6.41. The Morgan fingerprint density at radius 2 is 1.96 bits per heavy atom. The summed E-state index contributed by atoms with van der Waals surface area (Å²) in [7, 11) is 0. The van der Waals surface area contributed by atoms with Gasteiger partial charge in [0.05, 0.1) is 11.4 Å². The molecule has 5 rings (SSSR count). The van der Waals surface area contributed by atoms with E-state index in [1.807, 2.05) is 16.8 Å². The molecule has 0 spiro atoms. The highest BCUT2D eigenvalue weighted by Crippen LogP contribution is 2.36. The first-order valence-corrected chi connectivity index (χ1v) is 8.91. The molecule has 0 atom stereocenters. The molecule has 28 heavy (non-hydrogen) atoms. The molecule has 0 aliphatic heterocycles. The molecular formula is C20H15N5O3. The second-order valence-corrected chi connectivity index (χ2v) is 6.68. The van der Waals surface area contributed by atoms with E-state index in [0.29, 0.717) is 28.5 Å². The number of rotatable bonds is 4. The standard InChI is InChI=1S/C20H15N5O3/c26-16-11-18(28-17-7-2-1-6-15(16)17)20(27)21-13-5-3-4-12(10-13)19-22-23-24-25(19)14-8-9-14/h1-7,10-11,14H,8-9H2,(H,21,27). The number of carbonyl (C=O) groups excluding carboxylic acids is 1. The molecule has 2 heterocycles. The van der Waals surface area contributed by atoms with Crippen molar-refractivity contribution in [2.24, 2.45) is 0 Å². The Morgan fingerprint density at radius 3 is 2.82 bits per heavy atom. The van der Waals surface area contributed by atoms with Crippen LogP contribution in [0, 0.1) is 0 Å². The molecule has 0 unspecified atom stereocenters. The number of amides is 1. The van der Waals surface area contributed by atoms with Gasteiger partial charge in [-0.1, -0.05) is 24.3 Å². The number of tetrazole rings is 1. The Hall–Kier alpha value is -3.81. The van der Waals surface area contributed by atoms with Gasteiger partial charge in [-0.3, -0.25) is 9.59 Å². The first-order chi connectivity index (χ1) is 13.7. The molecule has 1 saturated carbocycles. The molecule has 1 amide bonds. The van der Waals surface area contributed by atoms with Crippen molar-refractivity contribution in [3.63, 3.8) is 0 Å². The smallest absolute Gasteiger partial charge is 0.291 e. The first-order valence-electron chi connectivity index (χ1n) is 8.91. The van der Waals surface area contributed by atoms with Crippen LogP contribution in [0.15, 0.2) is 63.8 Å². The number of hydrogen-bond donors (Lipinski definition) is 1. The summed E-state index contributed by atoms with van der Waals surface area (Å²) in [4.78, 5) is 24.8. The number of benzene rings is 2. The lowest BCUT2D eigenvalue weighted by molar-refractivity contribution is 0.0997. The van der Waals surface area contributed by atoms with Crippen LogP contribution in [0.4, 0.5) is 5.69 Å². The Morgan fingerprint density at radius 1 is 1.11 bits per heavy atom. The highest BCUT2D eigenvalue weighted by atomic mass is 16.3. The monoisotopic (exact) mass is 373 g/mol. The van der Waals surface area contributed by atoms with Gasteiger partial charge in [-0.05, 0) is 47.5 Å². The van der Waals surface area contributed by atoms with Crippen LogP contribution in [0.1, 0.15) is 29.4 Å². The molecule has 8 nitrogen and oxygen atoms in total. The van der Waals surface area contributed by atoms with Gasteiger partial charge in [0.25, 0.3) is 5.91 Å². The minimum Gasteiger partial charge on any atom is -0.451 e. The van der Waals surface area contributed by atoms with Gasteiger partial charge in [0.1, 0.15) is 5.58 Å². The van der Waals surface area contributed by atoms with Crippen LogP contribution in [0.3, 0.4) is 0 Å². The van der Waals surface area contributed by atoms with Gasteiger partial charge < -0.3 is 9.73 Å². The molecule has 138 valence electrons. The summed E-state index contributed by atoms with van der Waals surface area (Å²) in [6.45, 7) is 0. The third kappa shape index (κ3) is 2.94. The van der Waals surface area contributed by atoms with E-state index in [0.717, 1.165) is 18.4 Å². The lowest BCUT2D eigenvalue weighted by Crippen LogP contribution is -2.15. The lowest BCUT2D eigenvalue weighted by atomic mass is 10.2. The zero-order valence-electron chi connectivity index (χ0n) is 14.7. The Labute approximate surface area is 158 Å². The maximum Gasteiger partial charge on any atom is 0.291 e. The van der Waals surface area contributed by atoms with Gasteiger partial charge in [-0.25, -0.2) is 4.68 Å². The van der Waals surface area contributed by atoms with Crippen LogP contribution < -0.4 is 10.7 Å². The number of nitrogens with zero attached hydrogens (tertiary/aromatic N) is 4. The average Bonchev–Trinajstić information content (AvgIpc) is 3.44. The minimum absolute atomic E-state index is 0.0445. The van der Waals surface area contributed by atoms with E-state index >= 15 is 0 Å². The van der Waals surface area contributed by atoms with Gasteiger partial charge in [0, 0.05) is 17.3 Å². The topological polar surface area (TPSA) is 103 Å². The third-order valence-electron chi connectivity index (χ3n) is 4.62. The van der Waals surface area contributed by atoms with E-state index in [4.69, 9.17) is 4.42 Å². The summed E-state index contributed by atoms with van der Waals surface area (Å²) in [5.74, 6) is 0.120. The molecule has 8 heteroatoms. The summed E-state index contributed by atoms with van der Waals surface area (Å²) in [6.07, 6.45) is 2.13. The Bertz CT molecular complexity index is 1260. The molecule has 1 aliphatic rings. The predicted molar refractivity (Wildman–Crippen MR) is 102 cm³/mol. The molecule has 0 radical (unpaired) electrons. The van der Waals surface area contributed by atoms with Crippen LogP contribution in [-0.4, -0.2) is 26.1 Å². The van der Waals surface area contributed by atoms with Gasteiger partial charge in [0.2, 0.25) is 0 Å². The van der Waals surface area contributed by atoms with Gasteiger partial charge in [-0.15, -0.1) is 5.10 Å². The van der Waals surface area contributed by atoms with E-state index in [1.54, 1.807) is 36.4 Å². The summed E-state index contributed by atoms with van der Waals surface area (Å²) >= 11 is 0. The largest absolute Gasteiger partial charge is 0.451 e. The van der Waals surface area contributed by atoms with Crippen LogP contribution in [0.25, 0.3) is 22.4 Å². The number of carbonyl (C=O) groups is 1. The Balaban J connectivity index is 1.44. The van der Waals surface area contributed by atoms with E-state index in [-0.39, 0.29) is 11.2 Å². The van der Waals surface area contributed by atoms with Crippen molar-refractivity contribution in [2.75, 3.05) is 5.32 Å². The number of anilines is 1. The van der Waals surface area contributed by atoms with Gasteiger partial charge in [-0.2, -0.15) is 0 Å². The summed E-state index contributed by atoms with van der Waals surface area (Å²) in [5.41, 5.74) is 1.47. The second-order valence-electron chi connectivity index (χ2n) is 6.68. The zero-order valence-corrected chi connectivity index (χ0v) is 14.7. The van der Waals surface area contributed by atoms with E-state index in [2.05, 4.69) is 20.8 Å². The van der Waals surface area contributed by atoms with Crippen molar-refractivity contribution in [1.29, 1.82) is 0 Å². The molecule has 1 N–H and O–H groups in total. The molecular weight excluding hydrogens is 358 g/mol. The van der Waals surface area contributed by atoms with E-state index in [1.165, 1.54) is 6.07 Å². The van der Waals surface area contributed by atoms with Crippen LogP contribution in [0.2, 0.25) is 0 Å². The number of nitrogens with one attached hydrogen (secondary N) is 1. The Kier molecular flexibility index (Phi) is 3.75. The van der Waals surface area contributed by atoms with Crippen molar-refractivity contribution >= 4 is 22.6 Å². The summed E-state index contributed by atoms with van der Waals surface area (Å²) in [6, 6.07) is 15.6. The molecule has 2 aromatic carbocycles. The zero-order chi connectivity index (χ0) is 19.1.